The Kier molecular flexibility index (Phi) is 7.64. The smallest absolute Gasteiger partial charge is 0.406 e. The van der Waals surface area contributed by atoms with E-state index in [4.69, 9.17) is 9.81 Å². The third-order valence-corrected chi connectivity index (χ3v) is 5.39. The number of thiazole rings is 1. The minimum absolute atomic E-state index is 0.0301. The minimum Gasteiger partial charge on any atom is -0.406 e. The topological polar surface area (TPSA) is 116 Å². The van der Waals surface area contributed by atoms with Crippen LogP contribution in [-0.2, 0) is 17.6 Å². The lowest BCUT2D eigenvalue weighted by molar-refractivity contribution is -0.274. The van der Waals surface area contributed by atoms with Crippen LogP contribution in [0.2, 0.25) is 0 Å². The van der Waals surface area contributed by atoms with Crippen LogP contribution in [0.4, 0.5) is 23.9 Å². The van der Waals surface area contributed by atoms with Crippen LogP contribution < -0.4 is 15.0 Å². The lowest BCUT2D eigenvalue weighted by atomic mass is 10.1. The van der Waals surface area contributed by atoms with E-state index >= 15 is 0 Å². The standard InChI is InChI=1S/C20H15F3N4O4S2/c21-20(22,23)31-16-3-1-2-14(8-16)10-27(15-6-4-13(9-24)5-7-15)19-17(25-11-32-19)18(28)26-12-33(29)30/h1-8,11H,10,12H2,(H,26,28)(H,29,30). The quantitative estimate of drug-likeness (QED) is 0.450. The molecule has 0 radical (unpaired) electrons. The first kappa shape index (κ1) is 24.2. The van der Waals surface area contributed by atoms with Gasteiger partial charge in [-0.25, -0.2) is 9.19 Å². The van der Waals surface area contributed by atoms with E-state index in [2.05, 4.69) is 15.0 Å². The van der Waals surface area contributed by atoms with Gasteiger partial charge in [-0.05, 0) is 42.0 Å². The number of anilines is 2. The van der Waals surface area contributed by atoms with Crippen molar-refractivity contribution in [3.05, 3.63) is 70.9 Å². The number of carbonyl (C=O) groups is 1. The number of carbonyl (C=O) groups excluding carboxylic acids is 1. The fourth-order valence-corrected chi connectivity index (χ4v) is 3.88. The summed E-state index contributed by atoms with van der Waals surface area (Å²) in [7, 11) is 0. The SMILES string of the molecule is N#Cc1ccc(N(Cc2cccc(OC(F)(F)F)c2)c2scnc2C(=O)NCS(=O)O)cc1. The second-order valence-corrected chi connectivity index (χ2v) is 8.18. The highest BCUT2D eigenvalue weighted by Gasteiger charge is 2.31. The molecule has 1 amide bonds. The summed E-state index contributed by atoms with van der Waals surface area (Å²) in [6.07, 6.45) is -4.85. The number of nitrogens with one attached hydrogen (secondary N) is 1. The van der Waals surface area contributed by atoms with Gasteiger partial charge in [0.05, 0.1) is 17.1 Å². The summed E-state index contributed by atoms with van der Waals surface area (Å²) in [5.74, 6) is -1.59. The van der Waals surface area contributed by atoms with Gasteiger partial charge in [0.15, 0.2) is 16.8 Å². The van der Waals surface area contributed by atoms with E-state index in [1.165, 1.54) is 23.7 Å². The van der Waals surface area contributed by atoms with Gasteiger partial charge < -0.3 is 19.5 Å². The van der Waals surface area contributed by atoms with E-state index in [0.717, 1.165) is 11.3 Å². The number of aromatic nitrogens is 1. The fraction of sp³-hybridized carbons (Fsp3) is 0.150. The van der Waals surface area contributed by atoms with Gasteiger partial charge in [-0.15, -0.1) is 24.5 Å². The lowest BCUT2D eigenvalue weighted by Gasteiger charge is -2.24. The predicted molar refractivity (Wildman–Crippen MR) is 115 cm³/mol. The summed E-state index contributed by atoms with van der Waals surface area (Å²) < 4.78 is 61.6. The molecular formula is C20H15F3N4O4S2. The molecule has 1 atom stereocenters. The molecule has 3 rings (SSSR count). The van der Waals surface area contributed by atoms with Gasteiger partial charge in [0.2, 0.25) is 0 Å². The summed E-state index contributed by atoms with van der Waals surface area (Å²) in [6, 6.07) is 13.7. The highest BCUT2D eigenvalue weighted by molar-refractivity contribution is 7.79. The average Bonchev–Trinajstić information content (AvgIpc) is 3.25. The van der Waals surface area contributed by atoms with Crippen molar-refractivity contribution >= 4 is 39.0 Å². The second kappa shape index (κ2) is 10.4. The molecule has 0 saturated heterocycles. The van der Waals surface area contributed by atoms with Gasteiger partial charge in [0.1, 0.15) is 16.6 Å². The number of benzene rings is 2. The average molecular weight is 496 g/mol. The Morgan fingerprint density at radius 3 is 2.64 bits per heavy atom. The molecule has 1 aromatic heterocycles. The molecule has 3 aromatic rings. The van der Waals surface area contributed by atoms with E-state index in [1.807, 2.05) is 6.07 Å². The Hall–Kier alpha value is -3.47. The summed E-state index contributed by atoms with van der Waals surface area (Å²) in [4.78, 5) is 18.2. The molecule has 0 spiro atoms. The van der Waals surface area contributed by atoms with Gasteiger partial charge in [0.25, 0.3) is 5.91 Å². The number of ether oxygens (including phenoxy) is 1. The van der Waals surface area contributed by atoms with Crippen LogP contribution >= 0.6 is 11.3 Å². The maximum Gasteiger partial charge on any atom is 0.573 e. The van der Waals surface area contributed by atoms with Gasteiger partial charge >= 0.3 is 6.36 Å². The summed E-state index contributed by atoms with van der Waals surface area (Å²) >= 11 is -1.16. The summed E-state index contributed by atoms with van der Waals surface area (Å²) in [5, 5.41) is 11.7. The van der Waals surface area contributed by atoms with Crippen molar-refractivity contribution in [3.8, 4) is 11.8 Å². The van der Waals surface area contributed by atoms with Crippen LogP contribution in [0.5, 0.6) is 5.75 Å². The molecular weight excluding hydrogens is 481 g/mol. The van der Waals surface area contributed by atoms with Crippen molar-refractivity contribution in [1.82, 2.24) is 10.3 Å². The monoisotopic (exact) mass is 496 g/mol. The molecule has 2 aromatic carbocycles. The molecule has 0 aliphatic rings. The first-order valence-electron chi connectivity index (χ1n) is 9.08. The molecule has 0 saturated carbocycles. The molecule has 0 aliphatic carbocycles. The number of halogens is 3. The predicted octanol–water partition coefficient (Wildman–Crippen LogP) is 4.16. The zero-order valence-electron chi connectivity index (χ0n) is 16.6. The van der Waals surface area contributed by atoms with Crippen LogP contribution in [0, 0.1) is 11.3 Å². The highest BCUT2D eigenvalue weighted by atomic mass is 32.2. The van der Waals surface area contributed by atoms with Crippen LogP contribution in [0.3, 0.4) is 0 Å². The normalized spacial score (nSPS) is 12.0. The highest BCUT2D eigenvalue weighted by Crippen LogP contribution is 2.34. The van der Waals surface area contributed by atoms with E-state index < -0.39 is 35.0 Å². The summed E-state index contributed by atoms with van der Waals surface area (Å²) in [6.45, 7) is 0.0371. The Labute approximate surface area is 192 Å². The molecule has 0 aliphatic heterocycles. The van der Waals surface area contributed by atoms with Gasteiger partial charge in [-0.2, -0.15) is 5.26 Å². The van der Waals surface area contributed by atoms with Gasteiger partial charge in [-0.1, -0.05) is 12.1 Å². The van der Waals surface area contributed by atoms with Crippen LogP contribution in [-0.4, -0.2) is 31.9 Å². The minimum atomic E-state index is -4.85. The molecule has 0 fully saturated rings. The van der Waals surface area contributed by atoms with Crippen molar-refractivity contribution in [2.75, 3.05) is 10.8 Å². The van der Waals surface area contributed by atoms with Gasteiger partial charge in [0, 0.05) is 12.2 Å². The fourth-order valence-electron chi connectivity index (χ4n) is 2.82. The van der Waals surface area contributed by atoms with E-state index in [9.17, 15) is 22.2 Å². The van der Waals surface area contributed by atoms with Crippen molar-refractivity contribution in [1.29, 1.82) is 5.26 Å². The van der Waals surface area contributed by atoms with Crippen molar-refractivity contribution in [3.63, 3.8) is 0 Å². The number of nitriles is 1. The van der Waals surface area contributed by atoms with Crippen LogP contribution in [0.25, 0.3) is 0 Å². The van der Waals surface area contributed by atoms with Crippen molar-refractivity contribution < 1.29 is 31.5 Å². The number of nitrogens with zero attached hydrogens (tertiary/aromatic N) is 3. The Morgan fingerprint density at radius 1 is 1.27 bits per heavy atom. The Balaban J connectivity index is 1.98. The molecule has 1 unspecified atom stereocenters. The molecule has 8 nitrogen and oxygen atoms in total. The van der Waals surface area contributed by atoms with Crippen molar-refractivity contribution in [2.45, 2.75) is 12.9 Å². The third-order valence-electron chi connectivity index (χ3n) is 4.15. The second-order valence-electron chi connectivity index (χ2n) is 6.42. The molecule has 0 bridgehead atoms. The van der Waals surface area contributed by atoms with Crippen molar-refractivity contribution in [2.24, 2.45) is 0 Å². The van der Waals surface area contributed by atoms with Gasteiger partial charge in [-0.3, -0.25) is 4.79 Å². The van der Waals surface area contributed by atoms with Crippen LogP contribution in [0.15, 0.2) is 54.0 Å². The van der Waals surface area contributed by atoms with E-state index in [-0.39, 0.29) is 12.2 Å². The molecule has 1 heterocycles. The zero-order valence-corrected chi connectivity index (χ0v) is 18.2. The Morgan fingerprint density at radius 2 is 2.00 bits per heavy atom. The lowest BCUT2D eigenvalue weighted by Crippen LogP contribution is -2.29. The summed E-state index contributed by atoms with van der Waals surface area (Å²) in [5.41, 5.74) is 2.75. The third kappa shape index (κ3) is 6.75. The number of hydrogen-bond acceptors (Lipinski definition) is 7. The number of alkyl halides is 3. The first-order valence-corrected chi connectivity index (χ1v) is 11.2. The van der Waals surface area contributed by atoms with Crippen LogP contribution in [0.1, 0.15) is 21.6 Å². The zero-order chi connectivity index (χ0) is 24.0. The number of amides is 1. The first-order chi connectivity index (χ1) is 15.7. The van der Waals surface area contributed by atoms with E-state index in [1.54, 1.807) is 35.2 Å². The number of rotatable bonds is 8. The molecule has 172 valence electrons. The maximum absolute atomic E-state index is 12.6. The molecule has 33 heavy (non-hydrogen) atoms. The maximum atomic E-state index is 12.6. The largest absolute Gasteiger partial charge is 0.573 e. The molecule has 13 heteroatoms. The van der Waals surface area contributed by atoms with E-state index in [0.29, 0.717) is 21.8 Å². The Bertz CT molecular complexity index is 1190. The number of hydrogen-bond donors (Lipinski definition) is 2. The molecule has 2 N–H and O–H groups in total.